The minimum absolute atomic E-state index is 0.0861. The molecule has 0 saturated heterocycles. The summed E-state index contributed by atoms with van der Waals surface area (Å²) in [6.07, 6.45) is 5.30. The molecule has 1 aliphatic carbocycles. The molecule has 1 fully saturated rings. The summed E-state index contributed by atoms with van der Waals surface area (Å²) in [6, 6.07) is 18.0. The van der Waals surface area contributed by atoms with E-state index in [0.717, 1.165) is 35.3 Å². The summed E-state index contributed by atoms with van der Waals surface area (Å²) < 4.78 is 36.3. The van der Waals surface area contributed by atoms with Gasteiger partial charge in [0.05, 0.1) is 6.61 Å². The van der Waals surface area contributed by atoms with E-state index in [1.54, 1.807) is 24.5 Å². The average molecular weight is 464 g/mol. The Morgan fingerprint density at radius 3 is 2.32 bits per heavy atom. The second kappa shape index (κ2) is 9.92. The van der Waals surface area contributed by atoms with Crippen molar-refractivity contribution in [1.82, 2.24) is 25.6 Å². The van der Waals surface area contributed by atoms with Crippen LogP contribution in [-0.2, 0) is 4.74 Å². The van der Waals surface area contributed by atoms with Gasteiger partial charge in [0.2, 0.25) is 5.82 Å². The molecule has 0 spiro atoms. The topological polar surface area (TPSA) is 89.1 Å². The van der Waals surface area contributed by atoms with Crippen molar-refractivity contribution < 1.29 is 18.3 Å². The van der Waals surface area contributed by atoms with Crippen molar-refractivity contribution in [2.24, 2.45) is 5.92 Å². The van der Waals surface area contributed by atoms with Gasteiger partial charge in [0.25, 0.3) is 0 Å². The Bertz CT molecular complexity index is 1170. The van der Waals surface area contributed by atoms with Crippen molar-refractivity contribution in [1.29, 1.82) is 0 Å². The van der Waals surface area contributed by atoms with Gasteiger partial charge in [0.15, 0.2) is 6.23 Å². The first kappa shape index (κ1) is 21.9. The van der Waals surface area contributed by atoms with E-state index in [2.05, 4.69) is 30.3 Å². The number of H-pyrrole nitrogens is 1. The number of benzene rings is 2. The number of ether oxygens (including phenoxy) is 2. The summed E-state index contributed by atoms with van der Waals surface area (Å²) in [7, 11) is 0. The zero-order chi connectivity index (χ0) is 23.3. The number of halogens is 2. The zero-order valence-electron chi connectivity index (χ0n) is 18.1. The van der Waals surface area contributed by atoms with Crippen molar-refractivity contribution >= 4 is 11.4 Å². The maximum atomic E-state index is 12.7. The minimum atomic E-state index is -2.88. The second-order valence-electron chi connectivity index (χ2n) is 7.94. The van der Waals surface area contributed by atoms with Crippen molar-refractivity contribution in [3.63, 3.8) is 0 Å². The normalized spacial score (nSPS) is 14.2. The Morgan fingerprint density at radius 1 is 1.00 bits per heavy atom. The van der Waals surface area contributed by atoms with Crippen LogP contribution in [0.4, 0.5) is 20.2 Å². The molecule has 0 amide bonds. The first-order chi connectivity index (χ1) is 16.7. The summed E-state index contributed by atoms with van der Waals surface area (Å²) in [6.45, 7) is -2.27. The maximum absolute atomic E-state index is 12.7. The van der Waals surface area contributed by atoms with Crippen LogP contribution < -0.4 is 9.64 Å². The molecule has 5 rings (SSSR count). The maximum Gasteiger partial charge on any atom is 0.387 e. The van der Waals surface area contributed by atoms with Crippen LogP contribution in [0.1, 0.15) is 24.6 Å². The molecule has 1 unspecified atom stereocenters. The SMILES string of the molecule is FC(F)Oc1ccc(N(c2ccc(-c3nn[nH]n3)cc2)C(OCC2CC2)c2cccnc2)cc1. The highest BCUT2D eigenvalue weighted by Crippen LogP contribution is 2.39. The Kier molecular flexibility index (Phi) is 6.39. The molecule has 1 N–H and O–H groups in total. The average Bonchev–Trinajstić information content (AvgIpc) is 3.53. The molecular weight excluding hydrogens is 442 g/mol. The fraction of sp³-hybridized carbons (Fsp3) is 0.250. The second-order valence-corrected chi connectivity index (χ2v) is 7.94. The fourth-order valence-electron chi connectivity index (χ4n) is 3.62. The van der Waals surface area contributed by atoms with E-state index in [4.69, 9.17) is 4.74 Å². The third-order valence-corrected chi connectivity index (χ3v) is 5.48. The van der Waals surface area contributed by atoms with E-state index >= 15 is 0 Å². The first-order valence-corrected chi connectivity index (χ1v) is 10.9. The summed E-state index contributed by atoms with van der Waals surface area (Å²) in [5.41, 5.74) is 3.26. The number of nitrogens with zero attached hydrogens (tertiary/aromatic N) is 5. The van der Waals surface area contributed by atoms with Gasteiger partial charge in [-0.25, -0.2) is 0 Å². The van der Waals surface area contributed by atoms with Gasteiger partial charge in [-0.3, -0.25) is 4.98 Å². The molecule has 2 aromatic heterocycles. The summed E-state index contributed by atoms with van der Waals surface area (Å²) in [4.78, 5) is 6.28. The van der Waals surface area contributed by atoms with Gasteiger partial charge >= 0.3 is 6.61 Å². The third-order valence-electron chi connectivity index (χ3n) is 5.48. The van der Waals surface area contributed by atoms with Crippen molar-refractivity contribution in [2.75, 3.05) is 11.5 Å². The number of rotatable bonds is 10. The lowest BCUT2D eigenvalue weighted by molar-refractivity contribution is -0.0498. The summed E-state index contributed by atoms with van der Waals surface area (Å²) in [5.74, 6) is 1.12. The molecule has 174 valence electrons. The van der Waals surface area contributed by atoms with Gasteiger partial charge < -0.3 is 14.4 Å². The molecule has 2 aromatic carbocycles. The van der Waals surface area contributed by atoms with E-state index in [-0.39, 0.29) is 5.75 Å². The Morgan fingerprint density at radius 2 is 1.74 bits per heavy atom. The number of hydrogen-bond acceptors (Lipinski definition) is 7. The van der Waals surface area contributed by atoms with Crippen LogP contribution in [0.2, 0.25) is 0 Å². The van der Waals surface area contributed by atoms with Gasteiger partial charge in [0.1, 0.15) is 5.75 Å². The van der Waals surface area contributed by atoms with E-state index in [1.165, 1.54) is 12.1 Å². The predicted octanol–water partition coefficient (Wildman–Crippen LogP) is 5.13. The van der Waals surface area contributed by atoms with E-state index in [1.807, 2.05) is 41.3 Å². The van der Waals surface area contributed by atoms with Crippen LogP contribution >= 0.6 is 0 Å². The van der Waals surface area contributed by atoms with Gasteiger partial charge in [-0.15, -0.1) is 10.2 Å². The number of hydrogen-bond donors (Lipinski definition) is 1. The fourth-order valence-corrected chi connectivity index (χ4v) is 3.62. The largest absolute Gasteiger partial charge is 0.435 e. The number of aromatic amines is 1. The highest BCUT2D eigenvalue weighted by atomic mass is 19.3. The lowest BCUT2D eigenvalue weighted by Crippen LogP contribution is -2.27. The van der Waals surface area contributed by atoms with Crippen molar-refractivity contribution in [3.8, 4) is 17.1 Å². The van der Waals surface area contributed by atoms with Crippen molar-refractivity contribution in [2.45, 2.75) is 25.7 Å². The molecule has 10 heteroatoms. The van der Waals surface area contributed by atoms with Gasteiger partial charge in [-0.1, -0.05) is 6.07 Å². The Labute approximate surface area is 194 Å². The molecule has 0 aliphatic heterocycles. The third kappa shape index (κ3) is 5.18. The zero-order valence-corrected chi connectivity index (χ0v) is 18.1. The highest BCUT2D eigenvalue weighted by Gasteiger charge is 2.28. The van der Waals surface area contributed by atoms with Crippen LogP contribution in [0.5, 0.6) is 5.75 Å². The van der Waals surface area contributed by atoms with Crippen LogP contribution in [0, 0.1) is 5.92 Å². The lowest BCUT2D eigenvalue weighted by atomic mass is 10.1. The Hall–Kier alpha value is -3.92. The summed E-state index contributed by atoms with van der Waals surface area (Å²) >= 11 is 0. The summed E-state index contributed by atoms with van der Waals surface area (Å²) in [5, 5.41) is 14.1. The van der Waals surface area contributed by atoms with Crippen LogP contribution in [0.3, 0.4) is 0 Å². The number of aromatic nitrogens is 5. The molecule has 34 heavy (non-hydrogen) atoms. The minimum Gasteiger partial charge on any atom is -0.435 e. The Balaban J connectivity index is 1.53. The van der Waals surface area contributed by atoms with Gasteiger partial charge in [-0.05, 0) is 78.6 Å². The van der Waals surface area contributed by atoms with E-state index in [9.17, 15) is 8.78 Å². The molecule has 1 aliphatic rings. The number of pyridine rings is 1. The van der Waals surface area contributed by atoms with Crippen LogP contribution in [0.25, 0.3) is 11.4 Å². The standard InChI is InChI=1S/C24H22F2N6O2/c25-24(26)34-21-11-9-20(10-12-21)32(19-7-5-17(6-8-19)22-28-30-31-29-22)23(33-15-16-3-4-16)18-2-1-13-27-14-18/h1-2,5-14,16,23-24H,3-4,15H2,(H,28,29,30,31). The van der Waals surface area contributed by atoms with E-state index < -0.39 is 12.8 Å². The number of anilines is 2. The lowest BCUT2D eigenvalue weighted by Gasteiger charge is -2.34. The monoisotopic (exact) mass is 464 g/mol. The number of nitrogens with one attached hydrogen (secondary N) is 1. The first-order valence-electron chi connectivity index (χ1n) is 10.9. The van der Waals surface area contributed by atoms with Crippen molar-refractivity contribution in [3.05, 3.63) is 78.6 Å². The molecule has 0 radical (unpaired) electrons. The molecule has 1 atom stereocenters. The van der Waals surface area contributed by atoms with Gasteiger partial charge in [-0.2, -0.15) is 14.0 Å². The molecule has 4 aromatic rings. The van der Waals surface area contributed by atoms with Gasteiger partial charge in [0, 0.05) is 34.9 Å². The molecule has 1 saturated carbocycles. The van der Waals surface area contributed by atoms with E-state index in [0.29, 0.717) is 18.3 Å². The molecule has 8 nitrogen and oxygen atoms in total. The quantitative estimate of drug-likeness (QED) is 0.326. The molecule has 2 heterocycles. The predicted molar refractivity (Wildman–Crippen MR) is 120 cm³/mol. The number of tetrazole rings is 1. The highest BCUT2D eigenvalue weighted by molar-refractivity contribution is 5.68. The smallest absolute Gasteiger partial charge is 0.387 e. The van der Waals surface area contributed by atoms with Crippen LogP contribution in [0.15, 0.2) is 73.1 Å². The number of alkyl halides is 2. The van der Waals surface area contributed by atoms with Crippen LogP contribution in [-0.4, -0.2) is 38.8 Å². The molecule has 0 bridgehead atoms. The molecular formula is C24H22F2N6O2.